The van der Waals surface area contributed by atoms with E-state index in [4.69, 9.17) is 4.74 Å². The monoisotopic (exact) mass is 400 g/mol. The first kappa shape index (κ1) is 18.7. The van der Waals surface area contributed by atoms with Crippen molar-refractivity contribution in [2.75, 3.05) is 18.1 Å². The van der Waals surface area contributed by atoms with Crippen molar-refractivity contribution in [1.82, 2.24) is 4.98 Å². The molecule has 0 bridgehead atoms. The Morgan fingerprint density at radius 1 is 1.21 bits per heavy atom. The Morgan fingerprint density at radius 2 is 2.00 bits per heavy atom. The van der Waals surface area contributed by atoms with E-state index in [9.17, 15) is 13.6 Å². The quantitative estimate of drug-likeness (QED) is 0.578. The first-order valence-corrected chi connectivity index (χ1v) is 9.84. The summed E-state index contributed by atoms with van der Waals surface area (Å²) in [6.45, 7) is 1.02. The van der Waals surface area contributed by atoms with Gasteiger partial charge in [-0.1, -0.05) is 29.5 Å². The minimum absolute atomic E-state index is 0.0745. The van der Waals surface area contributed by atoms with Crippen molar-refractivity contribution < 1.29 is 18.3 Å². The average Bonchev–Trinajstić information content (AvgIpc) is 3.34. The highest BCUT2D eigenvalue weighted by Gasteiger charge is 2.25. The van der Waals surface area contributed by atoms with Gasteiger partial charge in [0.1, 0.15) is 11.6 Å². The molecule has 4 rings (SSSR count). The van der Waals surface area contributed by atoms with Crippen LogP contribution in [0.1, 0.15) is 18.4 Å². The van der Waals surface area contributed by atoms with Crippen LogP contribution >= 0.6 is 11.3 Å². The summed E-state index contributed by atoms with van der Waals surface area (Å²) in [5, 5.41) is 0.542. The smallest absolute Gasteiger partial charge is 0.252 e. The van der Waals surface area contributed by atoms with E-state index in [1.807, 2.05) is 24.3 Å². The number of hydrogen-bond acceptors (Lipinski definition) is 4. The SMILES string of the molecule is O=C(C=Cc1c(F)cccc1F)N(CC1CCCO1)c1nc2ccccc2s1. The Labute approximate surface area is 165 Å². The number of carbonyl (C=O) groups is 1. The fourth-order valence-electron chi connectivity index (χ4n) is 3.14. The van der Waals surface area contributed by atoms with Crippen LogP contribution in [0.25, 0.3) is 16.3 Å². The van der Waals surface area contributed by atoms with Crippen LogP contribution in [0.5, 0.6) is 0 Å². The zero-order valence-electron chi connectivity index (χ0n) is 15.0. The molecule has 1 aliphatic rings. The molecule has 0 N–H and O–H groups in total. The molecule has 1 atom stereocenters. The van der Waals surface area contributed by atoms with Crippen molar-refractivity contribution in [3.8, 4) is 0 Å². The number of amides is 1. The van der Waals surface area contributed by atoms with Crippen molar-refractivity contribution in [3.63, 3.8) is 0 Å². The summed E-state index contributed by atoms with van der Waals surface area (Å²) >= 11 is 1.40. The van der Waals surface area contributed by atoms with Crippen molar-refractivity contribution in [2.24, 2.45) is 0 Å². The second-order valence-electron chi connectivity index (χ2n) is 6.52. The van der Waals surface area contributed by atoms with E-state index in [1.54, 1.807) is 0 Å². The van der Waals surface area contributed by atoms with Gasteiger partial charge in [-0.15, -0.1) is 0 Å². The normalized spacial score (nSPS) is 16.9. The third-order valence-electron chi connectivity index (χ3n) is 4.58. The third kappa shape index (κ3) is 3.95. The zero-order valence-corrected chi connectivity index (χ0v) is 15.8. The summed E-state index contributed by atoms with van der Waals surface area (Å²) < 4.78 is 34.3. The highest BCUT2D eigenvalue weighted by molar-refractivity contribution is 7.22. The van der Waals surface area contributed by atoms with E-state index >= 15 is 0 Å². The van der Waals surface area contributed by atoms with E-state index in [2.05, 4.69) is 4.98 Å². The third-order valence-corrected chi connectivity index (χ3v) is 5.64. The predicted octanol–water partition coefficient (Wildman–Crippen LogP) is 4.80. The van der Waals surface area contributed by atoms with Gasteiger partial charge in [-0.3, -0.25) is 9.69 Å². The second kappa shape index (κ2) is 8.16. The molecule has 2 aromatic carbocycles. The lowest BCUT2D eigenvalue weighted by molar-refractivity contribution is -0.114. The fraction of sp³-hybridized carbons (Fsp3) is 0.238. The van der Waals surface area contributed by atoms with Crippen LogP contribution in [-0.2, 0) is 9.53 Å². The molecule has 4 nitrogen and oxygen atoms in total. The molecule has 1 aromatic heterocycles. The first-order chi connectivity index (χ1) is 13.6. The molecule has 0 saturated carbocycles. The number of fused-ring (bicyclic) bond motifs is 1. The van der Waals surface area contributed by atoms with Crippen LogP contribution < -0.4 is 4.90 Å². The fourth-order valence-corrected chi connectivity index (χ4v) is 4.12. The van der Waals surface area contributed by atoms with Gasteiger partial charge in [0.2, 0.25) is 0 Å². The van der Waals surface area contributed by atoms with Crippen molar-refractivity contribution >= 4 is 38.7 Å². The summed E-state index contributed by atoms with van der Waals surface area (Å²) in [7, 11) is 0. The van der Waals surface area contributed by atoms with Crippen LogP contribution in [0, 0.1) is 11.6 Å². The van der Waals surface area contributed by atoms with Gasteiger partial charge in [-0.2, -0.15) is 0 Å². The number of thiazole rings is 1. The molecular formula is C21H18F2N2O2S. The Kier molecular flexibility index (Phi) is 5.45. The molecule has 0 radical (unpaired) electrons. The number of hydrogen-bond donors (Lipinski definition) is 0. The summed E-state index contributed by atoms with van der Waals surface area (Å²) in [5.74, 6) is -1.82. The van der Waals surface area contributed by atoms with E-state index in [-0.39, 0.29) is 11.7 Å². The first-order valence-electron chi connectivity index (χ1n) is 9.02. The lowest BCUT2D eigenvalue weighted by Crippen LogP contribution is -2.36. The van der Waals surface area contributed by atoms with Gasteiger partial charge in [-0.05, 0) is 43.2 Å². The number of nitrogens with zero attached hydrogens (tertiary/aromatic N) is 2. The predicted molar refractivity (Wildman–Crippen MR) is 106 cm³/mol. The Morgan fingerprint density at radius 3 is 2.71 bits per heavy atom. The molecule has 1 unspecified atom stereocenters. The van der Waals surface area contributed by atoms with E-state index in [0.717, 1.165) is 35.2 Å². The van der Waals surface area contributed by atoms with Crippen molar-refractivity contribution in [1.29, 1.82) is 0 Å². The molecule has 1 aliphatic heterocycles. The number of anilines is 1. The van der Waals surface area contributed by atoms with Crippen LogP contribution in [0.3, 0.4) is 0 Å². The topological polar surface area (TPSA) is 42.4 Å². The van der Waals surface area contributed by atoms with Gasteiger partial charge < -0.3 is 4.74 Å². The lowest BCUT2D eigenvalue weighted by Gasteiger charge is -2.21. The largest absolute Gasteiger partial charge is 0.376 e. The van der Waals surface area contributed by atoms with Crippen LogP contribution in [-0.4, -0.2) is 30.1 Å². The molecule has 3 aromatic rings. The van der Waals surface area contributed by atoms with Gasteiger partial charge in [0.15, 0.2) is 5.13 Å². The van der Waals surface area contributed by atoms with E-state index in [0.29, 0.717) is 18.3 Å². The van der Waals surface area contributed by atoms with Crippen molar-refractivity contribution in [2.45, 2.75) is 18.9 Å². The molecule has 7 heteroatoms. The summed E-state index contributed by atoms with van der Waals surface area (Å²) in [6.07, 6.45) is 4.09. The minimum Gasteiger partial charge on any atom is -0.376 e. The highest BCUT2D eigenvalue weighted by atomic mass is 32.1. The maximum Gasteiger partial charge on any atom is 0.252 e. The van der Waals surface area contributed by atoms with Gasteiger partial charge >= 0.3 is 0 Å². The standard InChI is InChI=1S/C21H18F2N2O2S/c22-16-6-3-7-17(23)15(16)10-11-20(26)25(13-14-5-4-12-27-14)21-24-18-8-1-2-9-19(18)28-21/h1-3,6-11,14H,4-5,12-13H2. The molecule has 1 fully saturated rings. The van der Waals surface area contributed by atoms with Gasteiger partial charge in [-0.25, -0.2) is 13.8 Å². The molecule has 28 heavy (non-hydrogen) atoms. The highest BCUT2D eigenvalue weighted by Crippen LogP contribution is 2.30. The van der Waals surface area contributed by atoms with E-state index in [1.165, 1.54) is 34.5 Å². The number of carbonyl (C=O) groups excluding carboxylic acids is 1. The second-order valence-corrected chi connectivity index (χ2v) is 7.53. The summed E-state index contributed by atoms with van der Waals surface area (Å²) in [4.78, 5) is 19.0. The number of aromatic nitrogens is 1. The summed E-state index contributed by atoms with van der Waals surface area (Å²) in [5.41, 5.74) is 0.564. The number of halogens is 2. The number of ether oxygens (including phenoxy) is 1. The summed E-state index contributed by atoms with van der Waals surface area (Å²) in [6, 6.07) is 11.2. The maximum absolute atomic E-state index is 13.8. The number of rotatable bonds is 5. The molecule has 1 amide bonds. The molecular weight excluding hydrogens is 382 g/mol. The average molecular weight is 400 g/mol. The molecule has 1 saturated heterocycles. The molecule has 144 valence electrons. The molecule has 0 aliphatic carbocycles. The van der Waals surface area contributed by atoms with Crippen LogP contribution in [0.15, 0.2) is 48.5 Å². The zero-order chi connectivity index (χ0) is 19.5. The maximum atomic E-state index is 13.8. The Bertz CT molecular complexity index is 975. The Balaban J connectivity index is 1.64. The number of para-hydroxylation sites is 1. The van der Waals surface area contributed by atoms with Crippen molar-refractivity contribution in [3.05, 3.63) is 65.7 Å². The van der Waals surface area contributed by atoms with Gasteiger partial charge in [0.25, 0.3) is 5.91 Å². The van der Waals surface area contributed by atoms with Gasteiger partial charge in [0, 0.05) is 18.2 Å². The van der Waals surface area contributed by atoms with Crippen LogP contribution in [0.2, 0.25) is 0 Å². The van der Waals surface area contributed by atoms with Crippen LogP contribution in [0.4, 0.5) is 13.9 Å². The molecule has 0 spiro atoms. The molecule has 2 heterocycles. The van der Waals surface area contributed by atoms with Gasteiger partial charge in [0.05, 0.1) is 22.9 Å². The Hall–Kier alpha value is -2.64. The number of benzene rings is 2. The lowest BCUT2D eigenvalue weighted by atomic mass is 10.1. The van der Waals surface area contributed by atoms with E-state index < -0.39 is 17.5 Å². The minimum atomic E-state index is -0.713.